The van der Waals surface area contributed by atoms with Crippen LogP contribution in [-0.4, -0.2) is 58.9 Å². The predicted octanol–water partition coefficient (Wildman–Crippen LogP) is 2.68. The first-order valence-electron chi connectivity index (χ1n) is 8.40. The minimum absolute atomic E-state index is 0.121. The smallest absolute Gasteiger partial charge is 0.329 e. The number of hydrogen-bond donors (Lipinski definition) is 0. The van der Waals surface area contributed by atoms with E-state index in [-0.39, 0.29) is 37.4 Å². The van der Waals surface area contributed by atoms with E-state index in [2.05, 4.69) is 32.6 Å². The summed E-state index contributed by atoms with van der Waals surface area (Å²) in [6.45, 7) is 9.16. The number of carbonyl (C=O) groups excluding carboxylic acids is 2. The van der Waals surface area contributed by atoms with Crippen molar-refractivity contribution in [2.45, 2.75) is 38.9 Å². The molecule has 0 unspecified atom stereocenters. The molecule has 0 aliphatic rings. The third-order valence-electron chi connectivity index (χ3n) is 4.39. The van der Waals surface area contributed by atoms with Gasteiger partial charge in [-0.05, 0) is 24.4 Å². The van der Waals surface area contributed by atoms with E-state index in [9.17, 15) is 9.59 Å². The summed E-state index contributed by atoms with van der Waals surface area (Å²) in [5.74, 6) is 3.02. The van der Waals surface area contributed by atoms with Crippen LogP contribution in [0.4, 0.5) is 0 Å². The summed E-state index contributed by atoms with van der Waals surface area (Å²) in [4.78, 5) is 25.5. The zero-order chi connectivity index (χ0) is 21.1. The second-order valence-corrected chi connectivity index (χ2v) is 13.1. The van der Waals surface area contributed by atoms with Crippen LogP contribution in [0.3, 0.4) is 0 Å². The van der Waals surface area contributed by atoms with Crippen molar-refractivity contribution in [3.63, 3.8) is 0 Å². The Morgan fingerprint density at radius 2 is 1.48 bits per heavy atom. The zero-order valence-electron chi connectivity index (χ0n) is 17.0. The average molecular weight is 415 g/mol. The number of hydrogen-bond acceptors (Lipinski definition) is 7. The van der Waals surface area contributed by atoms with Gasteiger partial charge in [0.05, 0.1) is 19.2 Å². The number of ether oxygens (including phenoxy) is 3. The largest absolute Gasteiger partial charge is 0.452 e. The lowest BCUT2D eigenvalue weighted by Crippen LogP contribution is -2.53. The molecule has 0 atom stereocenters. The van der Waals surface area contributed by atoms with E-state index in [0.29, 0.717) is 0 Å². The quantitative estimate of drug-likeness (QED) is 0.129. The fourth-order valence-electron chi connectivity index (χ4n) is 1.67. The van der Waals surface area contributed by atoms with Crippen molar-refractivity contribution in [3.8, 4) is 24.7 Å². The molecule has 0 aromatic rings. The number of thioether (sulfide) groups is 1. The Balaban J connectivity index is 5.80. The van der Waals surface area contributed by atoms with Gasteiger partial charge in [0.2, 0.25) is 5.41 Å². The molecule has 0 amide bonds. The maximum atomic E-state index is 12.8. The number of rotatable bonds is 11. The van der Waals surface area contributed by atoms with Gasteiger partial charge >= 0.3 is 11.9 Å². The van der Waals surface area contributed by atoms with Crippen LogP contribution in [0.1, 0.15) is 20.8 Å². The maximum Gasteiger partial charge on any atom is 0.329 e. The van der Waals surface area contributed by atoms with Crippen LogP contribution in [0.25, 0.3) is 0 Å². The molecule has 0 aliphatic carbocycles. The van der Waals surface area contributed by atoms with Crippen LogP contribution in [0.2, 0.25) is 18.1 Å². The number of esters is 2. The molecular formula is C19H30O6SSi. The summed E-state index contributed by atoms with van der Waals surface area (Å²) < 4.78 is 21.8. The van der Waals surface area contributed by atoms with Crippen LogP contribution in [0.5, 0.6) is 0 Å². The molecule has 152 valence electrons. The molecule has 0 saturated heterocycles. The fraction of sp³-hybridized carbons (Fsp3) is 0.684. The van der Waals surface area contributed by atoms with Gasteiger partial charge in [-0.3, -0.25) is 9.59 Å². The predicted molar refractivity (Wildman–Crippen MR) is 110 cm³/mol. The number of terminal acetylenes is 2. The molecule has 8 heteroatoms. The van der Waals surface area contributed by atoms with Gasteiger partial charge in [-0.15, -0.1) is 24.6 Å². The molecule has 0 saturated carbocycles. The fourth-order valence-corrected chi connectivity index (χ4v) is 2.96. The topological polar surface area (TPSA) is 71.1 Å². The highest BCUT2D eigenvalue weighted by Crippen LogP contribution is 2.38. The lowest BCUT2D eigenvalue weighted by Gasteiger charge is -2.39. The maximum absolute atomic E-state index is 12.8. The van der Waals surface area contributed by atoms with Crippen LogP contribution in [-0.2, 0) is 28.2 Å². The van der Waals surface area contributed by atoms with Crippen molar-refractivity contribution in [1.29, 1.82) is 0 Å². The average Bonchev–Trinajstić information content (AvgIpc) is 2.59. The number of carbonyl (C=O) groups is 2. The van der Waals surface area contributed by atoms with Crippen molar-refractivity contribution < 1.29 is 28.2 Å². The second-order valence-electron chi connectivity index (χ2n) is 7.45. The Morgan fingerprint density at radius 1 is 1.00 bits per heavy atom. The summed E-state index contributed by atoms with van der Waals surface area (Å²) >= 11 is 1.41. The van der Waals surface area contributed by atoms with E-state index < -0.39 is 25.7 Å². The Bertz CT molecular complexity index is 552. The first-order chi connectivity index (χ1) is 12.5. The first kappa shape index (κ1) is 25.5. The highest BCUT2D eigenvalue weighted by Gasteiger charge is 2.52. The van der Waals surface area contributed by atoms with Crippen molar-refractivity contribution in [2.24, 2.45) is 5.41 Å². The van der Waals surface area contributed by atoms with Crippen molar-refractivity contribution in [3.05, 3.63) is 0 Å². The molecular weight excluding hydrogens is 384 g/mol. The monoisotopic (exact) mass is 414 g/mol. The summed E-state index contributed by atoms with van der Waals surface area (Å²) in [6.07, 6.45) is 12.2. The normalized spacial score (nSPS) is 12.0. The minimum atomic E-state index is -2.27. The highest BCUT2D eigenvalue weighted by atomic mass is 32.2. The molecule has 0 fully saturated rings. The van der Waals surface area contributed by atoms with Crippen molar-refractivity contribution >= 4 is 32.0 Å². The van der Waals surface area contributed by atoms with Gasteiger partial charge < -0.3 is 18.6 Å². The summed E-state index contributed by atoms with van der Waals surface area (Å²) in [5, 5.41) is -0.121. The van der Waals surface area contributed by atoms with Crippen molar-refractivity contribution in [1.82, 2.24) is 0 Å². The Kier molecular flexibility index (Phi) is 10.8. The third-order valence-corrected chi connectivity index (χ3v) is 9.27. The van der Waals surface area contributed by atoms with Gasteiger partial charge in [-0.2, -0.15) is 0 Å². The molecule has 27 heavy (non-hydrogen) atoms. The minimum Gasteiger partial charge on any atom is -0.452 e. The van der Waals surface area contributed by atoms with Crippen LogP contribution >= 0.6 is 11.8 Å². The summed E-state index contributed by atoms with van der Waals surface area (Å²) in [7, 11) is -2.27. The standard InChI is InChI=1S/C19H30O6SSi/c1-9-11-23-16(20)19(13-22-15-26-6,17(21)24-12-10-2)14-25-27(7,8)18(3,4)5/h1-2H,11-15H2,3-8H3. The van der Waals surface area contributed by atoms with Gasteiger partial charge in [-0.25, -0.2) is 0 Å². The molecule has 6 nitrogen and oxygen atoms in total. The SMILES string of the molecule is C#CCOC(=O)C(COCSC)(CO[Si](C)(C)C(C)(C)C)C(=O)OCC#C. The van der Waals surface area contributed by atoms with Crippen LogP contribution in [0.15, 0.2) is 0 Å². The van der Waals surface area contributed by atoms with E-state index in [4.69, 9.17) is 31.5 Å². The van der Waals surface area contributed by atoms with Crippen molar-refractivity contribution in [2.75, 3.05) is 38.6 Å². The molecule has 0 spiro atoms. The molecule has 0 N–H and O–H groups in total. The molecule has 0 aromatic carbocycles. The van der Waals surface area contributed by atoms with Crippen LogP contribution < -0.4 is 0 Å². The molecule has 0 aliphatic heterocycles. The summed E-state index contributed by atoms with van der Waals surface area (Å²) in [6, 6.07) is 0. The molecule has 0 rings (SSSR count). The first-order valence-corrected chi connectivity index (χ1v) is 12.7. The Hall–Kier alpha value is -1.45. The molecule has 0 aromatic heterocycles. The van der Waals surface area contributed by atoms with E-state index in [1.54, 1.807) is 0 Å². The lowest BCUT2D eigenvalue weighted by atomic mass is 9.90. The van der Waals surface area contributed by atoms with E-state index in [0.717, 1.165) is 0 Å². The van der Waals surface area contributed by atoms with E-state index in [1.165, 1.54) is 11.8 Å². The molecule has 0 heterocycles. The zero-order valence-corrected chi connectivity index (χ0v) is 18.9. The van der Waals surface area contributed by atoms with Crippen LogP contribution in [0, 0.1) is 30.1 Å². The van der Waals surface area contributed by atoms with Gasteiger partial charge in [0, 0.05) is 0 Å². The Labute approximate surface area is 168 Å². The van der Waals surface area contributed by atoms with Gasteiger partial charge in [0.25, 0.3) is 0 Å². The molecule has 0 radical (unpaired) electrons. The van der Waals surface area contributed by atoms with E-state index in [1.807, 2.05) is 19.3 Å². The van der Waals surface area contributed by atoms with E-state index >= 15 is 0 Å². The third kappa shape index (κ3) is 7.59. The van der Waals surface area contributed by atoms with Gasteiger partial charge in [0.1, 0.15) is 0 Å². The van der Waals surface area contributed by atoms with Gasteiger partial charge in [0.15, 0.2) is 21.5 Å². The lowest BCUT2D eigenvalue weighted by molar-refractivity contribution is -0.178. The Morgan fingerprint density at radius 3 is 1.85 bits per heavy atom. The van der Waals surface area contributed by atoms with Gasteiger partial charge in [-0.1, -0.05) is 32.6 Å². The highest BCUT2D eigenvalue weighted by molar-refractivity contribution is 7.98. The molecule has 0 bridgehead atoms. The second kappa shape index (κ2) is 11.4. The summed E-state index contributed by atoms with van der Waals surface area (Å²) in [5.41, 5.74) is -1.79.